The van der Waals surface area contributed by atoms with Crippen molar-refractivity contribution in [2.24, 2.45) is 0 Å². The lowest BCUT2D eigenvalue weighted by Crippen LogP contribution is -2.41. The van der Waals surface area contributed by atoms with E-state index < -0.39 is 6.04 Å². The molecule has 3 amide bonds. The molecule has 1 aromatic carbocycles. The van der Waals surface area contributed by atoms with E-state index in [0.717, 1.165) is 10.4 Å². The first kappa shape index (κ1) is 17.7. The quantitative estimate of drug-likeness (QED) is 0.839. The van der Waals surface area contributed by atoms with Crippen LogP contribution < -0.4 is 10.6 Å². The number of fused-ring (bicyclic) bond motifs is 2. The number of hydrogen-bond donors (Lipinski definition) is 2. The lowest BCUT2D eigenvalue weighted by molar-refractivity contribution is -0.125. The van der Waals surface area contributed by atoms with Gasteiger partial charge in [-0.15, -0.1) is 11.3 Å². The molecule has 1 saturated heterocycles. The van der Waals surface area contributed by atoms with Gasteiger partial charge in [-0.1, -0.05) is 12.1 Å². The van der Waals surface area contributed by atoms with E-state index in [1.165, 1.54) is 7.11 Å². The summed E-state index contributed by atoms with van der Waals surface area (Å²) in [5.41, 5.74) is 1.94. The highest BCUT2D eigenvalue weighted by Crippen LogP contribution is 2.33. The zero-order valence-corrected chi connectivity index (χ0v) is 15.5. The van der Waals surface area contributed by atoms with Crippen molar-refractivity contribution in [3.8, 4) is 10.4 Å². The molecule has 1 fully saturated rings. The highest BCUT2D eigenvalue weighted by Gasteiger charge is 2.43. The van der Waals surface area contributed by atoms with Gasteiger partial charge in [-0.05, 0) is 35.6 Å². The molecule has 3 heterocycles. The molecule has 8 heteroatoms. The van der Waals surface area contributed by atoms with Gasteiger partial charge in [-0.2, -0.15) is 0 Å². The van der Waals surface area contributed by atoms with Crippen molar-refractivity contribution in [3.63, 3.8) is 0 Å². The molecule has 0 spiro atoms. The summed E-state index contributed by atoms with van der Waals surface area (Å²) in [6.45, 7) is 0.253. The van der Waals surface area contributed by atoms with E-state index in [9.17, 15) is 14.4 Å². The molecular formula is C19H19N3O4S. The molecule has 2 aliphatic heterocycles. The molecule has 2 unspecified atom stereocenters. The van der Waals surface area contributed by atoms with Gasteiger partial charge in [-0.3, -0.25) is 14.4 Å². The number of amides is 3. The molecule has 2 N–H and O–H groups in total. The number of nitrogens with one attached hydrogen (secondary N) is 2. The topological polar surface area (TPSA) is 87.7 Å². The Morgan fingerprint density at radius 1 is 1.37 bits per heavy atom. The number of benzene rings is 1. The lowest BCUT2D eigenvalue weighted by Gasteiger charge is -2.20. The monoisotopic (exact) mass is 385 g/mol. The predicted octanol–water partition coefficient (Wildman–Crippen LogP) is 1.71. The van der Waals surface area contributed by atoms with Crippen LogP contribution >= 0.6 is 11.3 Å². The summed E-state index contributed by atoms with van der Waals surface area (Å²) >= 11 is 1.59. The Bertz CT molecular complexity index is 896. The van der Waals surface area contributed by atoms with Crippen LogP contribution in [0.15, 0.2) is 35.7 Å². The Morgan fingerprint density at radius 2 is 2.22 bits per heavy atom. The van der Waals surface area contributed by atoms with Crippen LogP contribution in [0.25, 0.3) is 10.4 Å². The van der Waals surface area contributed by atoms with Crippen molar-refractivity contribution in [1.29, 1.82) is 0 Å². The fourth-order valence-electron chi connectivity index (χ4n) is 3.61. The Balaban J connectivity index is 1.61. The Hall–Kier alpha value is -2.71. The molecule has 0 aliphatic carbocycles. The van der Waals surface area contributed by atoms with Gasteiger partial charge in [0.05, 0.1) is 11.3 Å². The third kappa shape index (κ3) is 3.33. The normalized spacial score (nSPS) is 21.3. The Morgan fingerprint density at radius 3 is 2.96 bits per heavy atom. The summed E-state index contributed by atoms with van der Waals surface area (Å²) in [6.07, 6.45) is 0.388. The van der Waals surface area contributed by atoms with Crippen LogP contribution in [0.1, 0.15) is 16.8 Å². The lowest BCUT2D eigenvalue weighted by atomic mass is 10.1. The fourth-order valence-corrected chi connectivity index (χ4v) is 4.33. The maximum atomic E-state index is 13.1. The van der Waals surface area contributed by atoms with Crippen molar-refractivity contribution in [1.82, 2.24) is 10.2 Å². The third-order valence-corrected chi connectivity index (χ3v) is 5.74. The number of methoxy groups -OCH3 is 1. The largest absolute Gasteiger partial charge is 0.375 e. The maximum Gasteiger partial charge on any atom is 0.256 e. The maximum absolute atomic E-state index is 13.1. The van der Waals surface area contributed by atoms with Gasteiger partial charge in [0.15, 0.2) is 0 Å². The minimum absolute atomic E-state index is 0.0473. The summed E-state index contributed by atoms with van der Waals surface area (Å²) in [5, 5.41) is 7.66. The smallest absolute Gasteiger partial charge is 0.256 e. The molecule has 2 aromatic rings. The molecule has 0 bridgehead atoms. The first-order valence-corrected chi connectivity index (χ1v) is 9.53. The van der Waals surface area contributed by atoms with E-state index in [1.54, 1.807) is 22.3 Å². The van der Waals surface area contributed by atoms with Crippen molar-refractivity contribution < 1.29 is 19.1 Å². The van der Waals surface area contributed by atoms with Gasteiger partial charge < -0.3 is 20.3 Å². The van der Waals surface area contributed by atoms with Crippen LogP contribution in [0.3, 0.4) is 0 Å². The summed E-state index contributed by atoms with van der Waals surface area (Å²) < 4.78 is 4.82. The molecule has 1 aromatic heterocycles. The molecule has 0 radical (unpaired) electrons. The van der Waals surface area contributed by atoms with Crippen molar-refractivity contribution in [2.45, 2.75) is 18.5 Å². The first-order chi connectivity index (χ1) is 13.1. The second-order valence-electron chi connectivity index (χ2n) is 6.63. The predicted molar refractivity (Wildman–Crippen MR) is 102 cm³/mol. The summed E-state index contributed by atoms with van der Waals surface area (Å²) in [7, 11) is 1.45. The van der Waals surface area contributed by atoms with Crippen LogP contribution in [-0.4, -0.2) is 55.0 Å². The Kier molecular flexibility index (Phi) is 4.67. The molecule has 4 rings (SSSR count). The molecule has 2 atom stereocenters. The minimum Gasteiger partial charge on any atom is -0.375 e. The van der Waals surface area contributed by atoms with E-state index in [-0.39, 0.29) is 30.4 Å². The number of ether oxygens (including phenoxy) is 1. The number of rotatable bonds is 4. The zero-order chi connectivity index (χ0) is 19.0. The van der Waals surface area contributed by atoms with Crippen LogP contribution in [0.4, 0.5) is 5.69 Å². The van der Waals surface area contributed by atoms with E-state index in [2.05, 4.69) is 10.6 Å². The van der Waals surface area contributed by atoms with Gasteiger partial charge in [0.2, 0.25) is 11.8 Å². The van der Waals surface area contributed by atoms with E-state index in [0.29, 0.717) is 24.2 Å². The molecular weight excluding hydrogens is 366 g/mol. The SMILES string of the molecule is COCC(=O)NC1CC2C(=O)Nc3ccc(-c4cccs4)cc3C(=O)N2C1. The highest BCUT2D eigenvalue weighted by molar-refractivity contribution is 7.13. The molecule has 2 aliphatic rings. The summed E-state index contributed by atoms with van der Waals surface area (Å²) in [5.74, 6) is -0.682. The number of anilines is 1. The molecule has 0 saturated carbocycles. The van der Waals surface area contributed by atoms with Crippen molar-refractivity contribution >= 4 is 34.7 Å². The molecule has 7 nitrogen and oxygen atoms in total. The standard InChI is InChI=1S/C19H19N3O4S/c1-26-10-17(23)20-12-8-15-18(24)21-14-5-4-11(16-3-2-6-27-16)7-13(14)19(25)22(15)9-12/h2-7,12,15H,8-10H2,1H3,(H,20,23)(H,21,24). The van der Waals surface area contributed by atoms with Gasteiger partial charge in [0, 0.05) is 24.6 Å². The number of carbonyl (C=O) groups excluding carboxylic acids is 3. The number of carbonyl (C=O) groups is 3. The third-order valence-electron chi connectivity index (χ3n) is 4.82. The van der Waals surface area contributed by atoms with Crippen LogP contribution in [-0.2, 0) is 14.3 Å². The number of hydrogen-bond acceptors (Lipinski definition) is 5. The van der Waals surface area contributed by atoms with Gasteiger partial charge in [0.25, 0.3) is 5.91 Å². The van der Waals surface area contributed by atoms with Gasteiger partial charge >= 0.3 is 0 Å². The zero-order valence-electron chi connectivity index (χ0n) is 14.7. The summed E-state index contributed by atoms with van der Waals surface area (Å²) in [6, 6.07) is 8.59. The van der Waals surface area contributed by atoms with Gasteiger partial charge in [0.1, 0.15) is 12.6 Å². The van der Waals surface area contributed by atoms with Crippen LogP contribution in [0, 0.1) is 0 Å². The fraction of sp³-hybridized carbons (Fsp3) is 0.316. The number of thiophene rings is 1. The average Bonchev–Trinajstić information content (AvgIpc) is 3.30. The van der Waals surface area contributed by atoms with E-state index >= 15 is 0 Å². The summed E-state index contributed by atoms with van der Waals surface area (Å²) in [4.78, 5) is 40.2. The second-order valence-corrected chi connectivity index (χ2v) is 7.58. The van der Waals surface area contributed by atoms with E-state index in [4.69, 9.17) is 4.74 Å². The van der Waals surface area contributed by atoms with Crippen molar-refractivity contribution in [3.05, 3.63) is 41.3 Å². The number of nitrogens with zero attached hydrogens (tertiary/aromatic N) is 1. The van der Waals surface area contributed by atoms with Crippen LogP contribution in [0.5, 0.6) is 0 Å². The highest BCUT2D eigenvalue weighted by atomic mass is 32.1. The first-order valence-electron chi connectivity index (χ1n) is 8.65. The Labute approximate surface area is 160 Å². The van der Waals surface area contributed by atoms with Crippen LogP contribution in [0.2, 0.25) is 0 Å². The molecule has 27 heavy (non-hydrogen) atoms. The average molecular weight is 385 g/mol. The second kappa shape index (κ2) is 7.13. The van der Waals surface area contributed by atoms with Gasteiger partial charge in [-0.25, -0.2) is 0 Å². The molecule has 140 valence electrons. The van der Waals surface area contributed by atoms with Crippen molar-refractivity contribution in [2.75, 3.05) is 25.6 Å². The van der Waals surface area contributed by atoms with E-state index in [1.807, 2.05) is 29.6 Å². The minimum atomic E-state index is -0.595.